The van der Waals surface area contributed by atoms with Gasteiger partial charge in [-0.25, -0.2) is 0 Å². The molecule has 68 valence electrons. The van der Waals surface area contributed by atoms with Gasteiger partial charge in [0.15, 0.2) is 0 Å². The molecule has 0 bridgehead atoms. The fraction of sp³-hybridized carbons (Fsp3) is 0.667. The first-order valence-electron chi connectivity index (χ1n) is 4.38. The van der Waals surface area contributed by atoms with E-state index in [1.165, 1.54) is 0 Å². The van der Waals surface area contributed by atoms with E-state index in [2.05, 4.69) is 18.9 Å². The smallest absolute Gasteiger partial charge is 0.0788 e. The quantitative estimate of drug-likeness (QED) is 0.742. The van der Waals surface area contributed by atoms with Gasteiger partial charge < -0.3 is 5.73 Å². The van der Waals surface area contributed by atoms with Crippen molar-refractivity contribution >= 4 is 0 Å². The van der Waals surface area contributed by atoms with Crippen LogP contribution in [0, 0.1) is 5.92 Å². The molecule has 1 aromatic rings. The van der Waals surface area contributed by atoms with Crippen molar-refractivity contribution in [3.05, 3.63) is 18.0 Å². The first kappa shape index (κ1) is 9.26. The van der Waals surface area contributed by atoms with Gasteiger partial charge in [-0.3, -0.25) is 4.68 Å². The largest absolute Gasteiger partial charge is 0.323 e. The zero-order valence-electron chi connectivity index (χ0n) is 7.99. The number of nitrogens with two attached hydrogens (primary N) is 1. The van der Waals surface area contributed by atoms with Crippen LogP contribution in [0.2, 0.25) is 0 Å². The van der Waals surface area contributed by atoms with E-state index in [4.69, 9.17) is 5.73 Å². The third-order valence-electron chi connectivity index (χ3n) is 1.68. The SMILES string of the molecule is CC(C)Cn1ccc([C@@H](C)N)n1. The van der Waals surface area contributed by atoms with Crippen molar-refractivity contribution in [2.45, 2.75) is 33.4 Å². The average molecular weight is 167 g/mol. The Kier molecular flexibility index (Phi) is 2.87. The van der Waals surface area contributed by atoms with Crippen molar-refractivity contribution in [1.82, 2.24) is 9.78 Å². The molecule has 12 heavy (non-hydrogen) atoms. The number of hydrogen-bond donors (Lipinski definition) is 1. The standard InChI is InChI=1S/C9H17N3/c1-7(2)6-12-5-4-9(11-12)8(3)10/h4-5,7-8H,6,10H2,1-3H3/t8-/m1/s1. The molecule has 1 heterocycles. The van der Waals surface area contributed by atoms with Gasteiger partial charge >= 0.3 is 0 Å². The lowest BCUT2D eigenvalue weighted by Gasteiger charge is -2.04. The van der Waals surface area contributed by atoms with Crippen LogP contribution >= 0.6 is 0 Å². The first-order valence-corrected chi connectivity index (χ1v) is 4.38. The lowest BCUT2D eigenvalue weighted by molar-refractivity contribution is 0.477. The molecule has 0 spiro atoms. The summed E-state index contributed by atoms with van der Waals surface area (Å²) in [6.07, 6.45) is 1.98. The van der Waals surface area contributed by atoms with E-state index in [1.54, 1.807) is 0 Å². The van der Waals surface area contributed by atoms with E-state index in [9.17, 15) is 0 Å². The molecule has 1 aromatic heterocycles. The Morgan fingerprint density at radius 2 is 2.17 bits per heavy atom. The minimum absolute atomic E-state index is 0.0402. The Morgan fingerprint density at radius 1 is 1.50 bits per heavy atom. The zero-order chi connectivity index (χ0) is 9.14. The van der Waals surface area contributed by atoms with Gasteiger partial charge in [-0.05, 0) is 18.9 Å². The lowest BCUT2D eigenvalue weighted by atomic mass is 10.2. The Labute approximate surface area is 73.6 Å². The van der Waals surface area contributed by atoms with E-state index in [0.717, 1.165) is 12.2 Å². The maximum Gasteiger partial charge on any atom is 0.0788 e. The predicted octanol–water partition coefficient (Wildman–Crippen LogP) is 1.56. The molecular formula is C9H17N3. The van der Waals surface area contributed by atoms with Crippen molar-refractivity contribution in [2.75, 3.05) is 0 Å². The van der Waals surface area contributed by atoms with Crippen LogP contribution in [0.15, 0.2) is 12.3 Å². The molecule has 0 saturated heterocycles. The highest BCUT2D eigenvalue weighted by atomic mass is 15.3. The van der Waals surface area contributed by atoms with Crippen molar-refractivity contribution in [2.24, 2.45) is 11.7 Å². The Bertz CT molecular complexity index is 238. The normalized spacial score (nSPS) is 13.8. The number of aromatic nitrogens is 2. The Balaban J connectivity index is 2.64. The fourth-order valence-electron chi connectivity index (χ4n) is 1.10. The molecule has 1 atom stereocenters. The Hall–Kier alpha value is -0.830. The van der Waals surface area contributed by atoms with Crippen molar-refractivity contribution < 1.29 is 0 Å². The molecule has 0 fully saturated rings. The van der Waals surface area contributed by atoms with Crippen LogP contribution in [-0.4, -0.2) is 9.78 Å². The maximum absolute atomic E-state index is 5.68. The summed E-state index contributed by atoms with van der Waals surface area (Å²) < 4.78 is 1.95. The van der Waals surface area contributed by atoms with Crippen molar-refractivity contribution in [3.8, 4) is 0 Å². The van der Waals surface area contributed by atoms with Crippen LogP contribution in [0.4, 0.5) is 0 Å². The molecule has 0 unspecified atom stereocenters. The van der Waals surface area contributed by atoms with Crippen molar-refractivity contribution in [1.29, 1.82) is 0 Å². The first-order chi connectivity index (χ1) is 5.59. The molecular weight excluding hydrogens is 150 g/mol. The van der Waals surface area contributed by atoms with E-state index in [0.29, 0.717) is 5.92 Å². The molecule has 0 aliphatic rings. The van der Waals surface area contributed by atoms with Gasteiger partial charge in [-0.1, -0.05) is 13.8 Å². The van der Waals surface area contributed by atoms with E-state index < -0.39 is 0 Å². The summed E-state index contributed by atoms with van der Waals surface area (Å²) in [4.78, 5) is 0. The summed E-state index contributed by atoms with van der Waals surface area (Å²) in [5, 5.41) is 4.34. The van der Waals surface area contributed by atoms with Gasteiger partial charge in [-0.2, -0.15) is 5.10 Å². The van der Waals surface area contributed by atoms with Gasteiger partial charge in [0.2, 0.25) is 0 Å². The summed E-state index contributed by atoms with van der Waals surface area (Å²) in [7, 11) is 0. The van der Waals surface area contributed by atoms with Crippen LogP contribution in [0.25, 0.3) is 0 Å². The van der Waals surface area contributed by atoms with E-state index in [-0.39, 0.29) is 6.04 Å². The number of nitrogens with zero attached hydrogens (tertiary/aromatic N) is 2. The average Bonchev–Trinajstić information content (AvgIpc) is 2.34. The van der Waals surface area contributed by atoms with Gasteiger partial charge in [0.05, 0.1) is 5.69 Å². The molecule has 0 aromatic carbocycles. The minimum atomic E-state index is 0.0402. The third kappa shape index (κ3) is 2.34. The van der Waals surface area contributed by atoms with Crippen LogP contribution in [0.5, 0.6) is 0 Å². The molecule has 0 amide bonds. The molecule has 1 rings (SSSR count). The van der Waals surface area contributed by atoms with Gasteiger partial charge in [-0.15, -0.1) is 0 Å². The molecule has 0 radical (unpaired) electrons. The summed E-state index contributed by atoms with van der Waals surface area (Å²) in [6.45, 7) is 7.26. The topological polar surface area (TPSA) is 43.8 Å². The van der Waals surface area contributed by atoms with Crippen molar-refractivity contribution in [3.63, 3.8) is 0 Å². The van der Waals surface area contributed by atoms with Crippen LogP contribution in [-0.2, 0) is 6.54 Å². The minimum Gasteiger partial charge on any atom is -0.323 e. The van der Waals surface area contributed by atoms with Crippen LogP contribution in [0.3, 0.4) is 0 Å². The summed E-state index contributed by atoms with van der Waals surface area (Å²) in [5.74, 6) is 0.630. The van der Waals surface area contributed by atoms with Gasteiger partial charge in [0.25, 0.3) is 0 Å². The predicted molar refractivity (Wildman–Crippen MR) is 49.7 cm³/mol. The zero-order valence-corrected chi connectivity index (χ0v) is 7.99. The second-order valence-corrected chi connectivity index (χ2v) is 3.65. The lowest BCUT2D eigenvalue weighted by Crippen LogP contribution is -2.09. The molecule has 0 saturated carbocycles. The van der Waals surface area contributed by atoms with E-state index in [1.807, 2.05) is 23.9 Å². The molecule has 3 heteroatoms. The Morgan fingerprint density at radius 3 is 2.58 bits per heavy atom. The maximum atomic E-state index is 5.68. The second kappa shape index (κ2) is 3.72. The molecule has 0 aliphatic heterocycles. The third-order valence-corrected chi connectivity index (χ3v) is 1.68. The molecule has 0 aliphatic carbocycles. The highest BCUT2D eigenvalue weighted by Crippen LogP contribution is 2.06. The highest BCUT2D eigenvalue weighted by Gasteiger charge is 2.03. The second-order valence-electron chi connectivity index (χ2n) is 3.65. The fourth-order valence-corrected chi connectivity index (χ4v) is 1.10. The number of hydrogen-bond acceptors (Lipinski definition) is 2. The van der Waals surface area contributed by atoms with Gasteiger partial charge in [0.1, 0.15) is 0 Å². The monoisotopic (exact) mass is 167 g/mol. The highest BCUT2D eigenvalue weighted by molar-refractivity contribution is 5.03. The van der Waals surface area contributed by atoms with E-state index >= 15 is 0 Å². The summed E-state index contributed by atoms with van der Waals surface area (Å²) in [6, 6.07) is 2.02. The number of rotatable bonds is 3. The molecule has 3 nitrogen and oxygen atoms in total. The summed E-state index contributed by atoms with van der Waals surface area (Å²) in [5.41, 5.74) is 6.65. The van der Waals surface area contributed by atoms with Gasteiger partial charge in [0, 0.05) is 18.8 Å². The summed E-state index contributed by atoms with van der Waals surface area (Å²) >= 11 is 0. The molecule has 2 N–H and O–H groups in total. The van der Waals surface area contributed by atoms with Crippen LogP contribution in [0.1, 0.15) is 32.5 Å². The van der Waals surface area contributed by atoms with Crippen LogP contribution < -0.4 is 5.73 Å².